The molecule has 9 heteroatoms. The van der Waals surface area contributed by atoms with Gasteiger partial charge >= 0.3 is 5.97 Å². The number of nitro groups is 1. The minimum Gasteiger partial charge on any atom is -0.423 e. The fourth-order valence-corrected chi connectivity index (χ4v) is 3.58. The molecule has 0 radical (unpaired) electrons. The van der Waals surface area contributed by atoms with Gasteiger partial charge in [0.15, 0.2) is 5.60 Å². The first-order valence-electron chi connectivity index (χ1n) is 11.1. The van der Waals surface area contributed by atoms with Crippen LogP contribution in [0.2, 0.25) is 0 Å². The molecule has 0 aromatic heterocycles. The van der Waals surface area contributed by atoms with E-state index in [9.17, 15) is 24.8 Å². The number of carbonyl (C=O) groups excluding carboxylic acids is 2. The Morgan fingerprint density at radius 3 is 2.03 bits per heavy atom. The van der Waals surface area contributed by atoms with Crippen LogP contribution in [0.25, 0.3) is 0 Å². The topological polar surface area (TPSA) is 131 Å². The molecule has 0 fully saturated rings. The Morgan fingerprint density at radius 1 is 0.865 bits per heavy atom. The Bertz CT molecular complexity index is 1400. The molecule has 2 N–H and O–H groups in total. The quantitative estimate of drug-likeness (QED) is 0.124. The maximum absolute atomic E-state index is 13.1. The van der Waals surface area contributed by atoms with E-state index in [2.05, 4.69) is 10.5 Å². The SMILES string of the molecule is O=C(Oc1cccc(/C=N/NC(=O)C(O)(c2ccccc2)c2ccccc2)c1)c1ccc([N+](=O)[O-])cc1. The summed E-state index contributed by atoms with van der Waals surface area (Å²) in [5, 5.41) is 26.2. The van der Waals surface area contributed by atoms with Crippen molar-refractivity contribution in [2.75, 3.05) is 0 Å². The lowest BCUT2D eigenvalue weighted by Gasteiger charge is -2.27. The summed E-state index contributed by atoms with van der Waals surface area (Å²) in [5.74, 6) is -1.22. The van der Waals surface area contributed by atoms with Gasteiger partial charge in [0.2, 0.25) is 0 Å². The average Bonchev–Trinajstić information content (AvgIpc) is 2.93. The van der Waals surface area contributed by atoms with E-state index in [4.69, 9.17) is 4.74 Å². The molecule has 0 atom stereocenters. The molecule has 0 saturated heterocycles. The summed E-state index contributed by atoms with van der Waals surface area (Å²) >= 11 is 0. The lowest BCUT2D eigenvalue weighted by atomic mass is 9.85. The molecule has 0 bridgehead atoms. The Morgan fingerprint density at radius 2 is 1.46 bits per heavy atom. The number of esters is 1. The molecule has 0 spiro atoms. The van der Waals surface area contributed by atoms with E-state index in [0.717, 1.165) is 0 Å². The predicted molar refractivity (Wildman–Crippen MR) is 136 cm³/mol. The molecule has 0 saturated carbocycles. The van der Waals surface area contributed by atoms with E-state index in [1.54, 1.807) is 78.9 Å². The highest BCUT2D eigenvalue weighted by Crippen LogP contribution is 2.29. The molecule has 0 unspecified atom stereocenters. The number of aliphatic hydroxyl groups is 1. The fourth-order valence-electron chi connectivity index (χ4n) is 3.58. The van der Waals surface area contributed by atoms with Crippen molar-refractivity contribution in [2.45, 2.75) is 5.60 Å². The number of non-ortho nitro benzene ring substituents is 1. The molecule has 1 amide bonds. The number of nitro benzene ring substituents is 1. The smallest absolute Gasteiger partial charge is 0.343 e. The Balaban J connectivity index is 1.47. The van der Waals surface area contributed by atoms with Gasteiger partial charge in [-0.25, -0.2) is 10.2 Å². The van der Waals surface area contributed by atoms with Crippen LogP contribution in [0.1, 0.15) is 27.0 Å². The van der Waals surface area contributed by atoms with Crippen LogP contribution in [0, 0.1) is 10.1 Å². The summed E-state index contributed by atoms with van der Waals surface area (Å²) in [6, 6.07) is 28.5. The third-order valence-electron chi connectivity index (χ3n) is 5.47. The molecule has 37 heavy (non-hydrogen) atoms. The third kappa shape index (κ3) is 5.75. The van der Waals surface area contributed by atoms with Gasteiger partial charge in [-0.2, -0.15) is 5.10 Å². The molecular formula is C28H21N3O6. The average molecular weight is 495 g/mol. The summed E-state index contributed by atoms with van der Waals surface area (Å²) in [6.45, 7) is 0. The normalized spacial score (nSPS) is 11.2. The Labute approximate surface area is 211 Å². The molecule has 184 valence electrons. The van der Waals surface area contributed by atoms with Gasteiger partial charge in [-0.05, 0) is 41.0 Å². The van der Waals surface area contributed by atoms with Crippen molar-refractivity contribution < 1.29 is 24.4 Å². The number of amides is 1. The van der Waals surface area contributed by atoms with E-state index in [1.807, 2.05) is 0 Å². The second-order valence-corrected chi connectivity index (χ2v) is 7.91. The van der Waals surface area contributed by atoms with E-state index < -0.39 is 22.4 Å². The van der Waals surface area contributed by atoms with Crippen LogP contribution in [0.4, 0.5) is 5.69 Å². The highest BCUT2D eigenvalue weighted by molar-refractivity contribution is 5.92. The first kappa shape index (κ1) is 25.0. The van der Waals surface area contributed by atoms with E-state index in [1.165, 1.54) is 36.5 Å². The first-order chi connectivity index (χ1) is 17.9. The van der Waals surface area contributed by atoms with Gasteiger partial charge in [-0.1, -0.05) is 72.8 Å². The van der Waals surface area contributed by atoms with Gasteiger partial charge in [-0.15, -0.1) is 0 Å². The van der Waals surface area contributed by atoms with E-state index in [-0.39, 0.29) is 17.0 Å². The van der Waals surface area contributed by atoms with Gasteiger partial charge in [0.05, 0.1) is 16.7 Å². The minimum absolute atomic E-state index is 0.136. The number of carbonyl (C=O) groups is 2. The van der Waals surface area contributed by atoms with Crippen molar-refractivity contribution >= 4 is 23.8 Å². The number of hydrogen-bond acceptors (Lipinski definition) is 7. The summed E-state index contributed by atoms with van der Waals surface area (Å²) < 4.78 is 5.34. The standard InChI is InChI=1S/C28H21N3O6/c32-26(21-14-16-24(17-15-21)31(35)36)37-25-13-7-8-20(18-25)19-29-30-27(33)28(34,22-9-3-1-4-10-22)23-11-5-2-6-12-23/h1-19,34H,(H,30,33)/b29-19+. The first-order valence-corrected chi connectivity index (χ1v) is 11.1. The lowest BCUT2D eigenvalue weighted by molar-refractivity contribution is -0.384. The number of nitrogens with zero attached hydrogens (tertiary/aromatic N) is 2. The zero-order chi connectivity index (χ0) is 26.3. The number of ether oxygens (including phenoxy) is 1. The molecule has 4 aromatic rings. The summed E-state index contributed by atoms with van der Waals surface area (Å²) in [4.78, 5) is 35.7. The van der Waals surface area contributed by atoms with Gasteiger partial charge in [0.1, 0.15) is 5.75 Å². The summed E-state index contributed by atoms with van der Waals surface area (Å²) in [7, 11) is 0. The van der Waals surface area contributed by atoms with Crippen LogP contribution in [0.5, 0.6) is 5.75 Å². The molecule has 0 heterocycles. The third-order valence-corrected chi connectivity index (χ3v) is 5.47. The van der Waals surface area contributed by atoms with Crippen molar-refractivity contribution in [1.82, 2.24) is 5.43 Å². The van der Waals surface area contributed by atoms with E-state index in [0.29, 0.717) is 16.7 Å². The van der Waals surface area contributed by atoms with Gasteiger partial charge < -0.3 is 9.84 Å². The molecule has 4 rings (SSSR count). The monoisotopic (exact) mass is 495 g/mol. The molecule has 4 aromatic carbocycles. The zero-order valence-corrected chi connectivity index (χ0v) is 19.4. The zero-order valence-electron chi connectivity index (χ0n) is 19.4. The second kappa shape index (κ2) is 11.1. The van der Waals surface area contributed by atoms with Crippen LogP contribution in [0.15, 0.2) is 114 Å². The minimum atomic E-state index is -1.97. The summed E-state index contributed by atoms with van der Waals surface area (Å²) in [5.41, 5.74) is 1.71. The fraction of sp³-hybridized carbons (Fsp3) is 0.0357. The molecule has 9 nitrogen and oxygen atoms in total. The Kier molecular flexibility index (Phi) is 7.46. The van der Waals surface area contributed by atoms with Crippen molar-refractivity contribution in [3.05, 3.63) is 142 Å². The maximum Gasteiger partial charge on any atom is 0.343 e. The van der Waals surface area contributed by atoms with Crippen LogP contribution in [-0.2, 0) is 10.4 Å². The largest absolute Gasteiger partial charge is 0.423 e. The van der Waals surface area contributed by atoms with Crippen LogP contribution >= 0.6 is 0 Å². The van der Waals surface area contributed by atoms with Crippen molar-refractivity contribution in [2.24, 2.45) is 5.10 Å². The summed E-state index contributed by atoms with van der Waals surface area (Å²) in [6.07, 6.45) is 1.34. The number of rotatable bonds is 8. The van der Waals surface area contributed by atoms with Crippen molar-refractivity contribution in [3.8, 4) is 5.75 Å². The van der Waals surface area contributed by atoms with Crippen LogP contribution < -0.4 is 10.2 Å². The number of hydrogen-bond donors (Lipinski definition) is 2. The van der Waals surface area contributed by atoms with Gasteiger partial charge in [0.25, 0.3) is 11.6 Å². The van der Waals surface area contributed by atoms with Crippen LogP contribution in [0.3, 0.4) is 0 Å². The highest BCUT2D eigenvalue weighted by Gasteiger charge is 2.39. The molecule has 0 aliphatic rings. The van der Waals surface area contributed by atoms with Gasteiger partial charge in [-0.3, -0.25) is 14.9 Å². The maximum atomic E-state index is 13.1. The highest BCUT2D eigenvalue weighted by atomic mass is 16.6. The van der Waals surface area contributed by atoms with E-state index >= 15 is 0 Å². The second-order valence-electron chi connectivity index (χ2n) is 7.91. The van der Waals surface area contributed by atoms with Crippen LogP contribution in [-0.4, -0.2) is 28.1 Å². The lowest BCUT2D eigenvalue weighted by Crippen LogP contribution is -2.43. The molecule has 0 aliphatic carbocycles. The number of benzene rings is 4. The molecular weight excluding hydrogens is 474 g/mol. The number of hydrazone groups is 1. The van der Waals surface area contributed by atoms with Crippen molar-refractivity contribution in [1.29, 1.82) is 0 Å². The Hall–Kier alpha value is -5.15. The predicted octanol–water partition coefficient (Wildman–Crippen LogP) is 4.20. The van der Waals surface area contributed by atoms with Gasteiger partial charge in [0, 0.05) is 12.1 Å². The number of nitrogens with one attached hydrogen (secondary N) is 1. The van der Waals surface area contributed by atoms with Crippen molar-refractivity contribution in [3.63, 3.8) is 0 Å². The molecule has 0 aliphatic heterocycles.